The molecule has 0 radical (unpaired) electrons. The van der Waals surface area contributed by atoms with Crippen LogP contribution in [0.4, 0.5) is 0 Å². The molecule has 0 spiro atoms. The van der Waals surface area contributed by atoms with E-state index in [1.165, 1.54) is 43.7 Å². The second-order valence-corrected chi connectivity index (χ2v) is 3.94. The van der Waals surface area contributed by atoms with Gasteiger partial charge >= 0.3 is 0 Å². The van der Waals surface area contributed by atoms with Crippen LogP contribution in [0, 0.1) is 0 Å². The normalized spacial score (nSPS) is 22.2. The highest BCUT2D eigenvalue weighted by Gasteiger charge is 2.14. The Hall–Kier alpha value is -1.18. The largest absolute Gasteiger partial charge is 0.358 e. The fraction of sp³-hybridized carbons (Fsp3) is 0.500. The third-order valence-electron chi connectivity index (χ3n) is 2.82. The summed E-state index contributed by atoms with van der Waals surface area (Å²) in [5.74, 6) is 1.29. The van der Waals surface area contributed by atoms with Crippen LogP contribution in [-0.2, 0) is 0 Å². The number of likely N-dealkylation sites (tertiary alicyclic amines) is 1. The molecule has 2 nitrogen and oxygen atoms in total. The molecule has 0 saturated carbocycles. The van der Waals surface area contributed by atoms with E-state index in [0.717, 1.165) is 0 Å². The molecule has 0 atom stereocenters. The standard InChI is InChI=1S/C12H18N2/c1-11-7-3-4-8-13-12(11)14-9-5-2-6-10-14/h3-4,7-8,13H,2,5-6,9-10H2,1H3. The maximum atomic E-state index is 3.36. The van der Waals surface area contributed by atoms with Gasteiger partial charge in [-0.1, -0.05) is 12.2 Å². The van der Waals surface area contributed by atoms with E-state index < -0.39 is 0 Å². The number of piperidine rings is 1. The Morgan fingerprint density at radius 3 is 2.71 bits per heavy atom. The third-order valence-corrected chi connectivity index (χ3v) is 2.82. The first-order valence-electron chi connectivity index (χ1n) is 5.43. The highest BCUT2D eigenvalue weighted by Crippen LogP contribution is 2.17. The second kappa shape index (κ2) is 4.36. The van der Waals surface area contributed by atoms with Crippen LogP contribution in [0.2, 0.25) is 0 Å². The highest BCUT2D eigenvalue weighted by atomic mass is 15.2. The molecule has 1 saturated heterocycles. The van der Waals surface area contributed by atoms with E-state index in [1.54, 1.807) is 0 Å². The summed E-state index contributed by atoms with van der Waals surface area (Å²) in [6.07, 6.45) is 12.3. The van der Waals surface area contributed by atoms with Gasteiger partial charge in [0.1, 0.15) is 5.82 Å². The Morgan fingerprint density at radius 2 is 1.93 bits per heavy atom. The Balaban J connectivity index is 2.14. The zero-order chi connectivity index (χ0) is 9.80. The van der Waals surface area contributed by atoms with Gasteiger partial charge in [-0.25, -0.2) is 0 Å². The van der Waals surface area contributed by atoms with Crippen molar-refractivity contribution in [2.45, 2.75) is 26.2 Å². The molecule has 0 unspecified atom stereocenters. The number of nitrogens with one attached hydrogen (secondary N) is 1. The van der Waals surface area contributed by atoms with Crippen LogP contribution in [0.3, 0.4) is 0 Å². The van der Waals surface area contributed by atoms with Gasteiger partial charge in [-0.3, -0.25) is 0 Å². The van der Waals surface area contributed by atoms with Crippen molar-refractivity contribution >= 4 is 0 Å². The van der Waals surface area contributed by atoms with Gasteiger partial charge in [0.05, 0.1) is 0 Å². The molecule has 2 aliphatic rings. The Labute approximate surface area is 86.0 Å². The van der Waals surface area contributed by atoms with E-state index in [1.807, 2.05) is 12.3 Å². The molecule has 0 aliphatic carbocycles. The molecule has 0 aromatic heterocycles. The summed E-state index contributed by atoms with van der Waals surface area (Å²) in [5.41, 5.74) is 1.33. The molecule has 76 valence electrons. The monoisotopic (exact) mass is 190 g/mol. The Bertz CT molecular complexity index is 281. The Kier molecular flexibility index (Phi) is 2.92. The lowest BCUT2D eigenvalue weighted by molar-refractivity contribution is 0.272. The fourth-order valence-electron chi connectivity index (χ4n) is 2.03. The minimum absolute atomic E-state index is 1.20. The molecule has 0 aromatic carbocycles. The Morgan fingerprint density at radius 1 is 1.14 bits per heavy atom. The molecule has 2 heteroatoms. The molecule has 1 N–H and O–H groups in total. The van der Waals surface area contributed by atoms with Crippen LogP contribution in [0.1, 0.15) is 26.2 Å². The van der Waals surface area contributed by atoms with Crippen LogP contribution in [0.15, 0.2) is 35.8 Å². The molecule has 2 heterocycles. The van der Waals surface area contributed by atoms with Crippen molar-refractivity contribution in [1.82, 2.24) is 10.2 Å². The van der Waals surface area contributed by atoms with Gasteiger partial charge in [0, 0.05) is 19.3 Å². The van der Waals surface area contributed by atoms with Crippen LogP contribution in [-0.4, -0.2) is 18.0 Å². The number of hydrogen-bond acceptors (Lipinski definition) is 2. The second-order valence-electron chi connectivity index (χ2n) is 3.94. The van der Waals surface area contributed by atoms with Crippen molar-refractivity contribution in [1.29, 1.82) is 0 Å². The van der Waals surface area contributed by atoms with Gasteiger partial charge in [0.25, 0.3) is 0 Å². The molecule has 1 fully saturated rings. The smallest absolute Gasteiger partial charge is 0.108 e. The van der Waals surface area contributed by atoms with E-state index >= 15 is 0 Å². The van der Waals surface area contributed by atoms with E-state index in [0.29, 0.717) is 0 Å². The summed E-state index contributed by atoms with van der Waals surface area (Å²) in [6, 6.07) is 0. The maximum absolute atomic E-state index is 3.36. The van der Waals surface area contributed by atoms with Gasteiger partial charge in [0.15, 0.2) is 0 Å². The number of hydrogen-bond donors (Lipinski definition) is 1. The maximum Gasteiger partial charge on any atom is 0.108 e. The summed E-state index contributed by atoms with van der Waals surface area (Å²) < 4.78 is 0. The zero-order valence-corrected chi connectivity index (χ0v) is 8.79. The van der Waals surface area contributed by atoms with Crippen molar-refractivity contribution in [3.8, 4) is 0 Å². The average molecular weight is 190 g/mol. The SMILES string of the molecule is CC1=C(N2CCCCC2)NC=CC=C1. The summed E-state index contributed by atoms with van der Waals surface area (Å²) in [5, 5.41) is 3.36. The first kappa shape index (κ1) is 9.38. The van der Waals surface area contributed by atoms with Crippen LogP contribution < -0.4 is 5.32 Å². The fourth-order valence-corrected chi connectivity index (χ4v) is 2.03. The van der Waals surface area contributed by atoms with Crippen molar-refractivity contribution in [2.75, 3.05) is 13.1 Å². The highest BCUT2D eigenvalue weighted by molar-refractivity contribution is 5.28. The van der Waals surface area contributed by atoms with Crippen LogP contribution in [0.25, 0.3) is 0 Å². The van der Waals surface area contributed by atoms with Crippen molar-refractivity contribution in [3.05, 3.63) is 35.8 Å². The van der Waals surface area contributed by atoms with Gasteiger partial charge in [-0.15, -0.1) is 0 Å². The molecule has 0 amide bonds. The molecular formula is C12H18N2. The minimum Gasteiger partial charge on any atom is -0.358 e. The number of allylic oxidation sites excluding steroid dienone is 4. The average Bonchev–Trinajstić information content (AvgIpc) is 2.44. The van der Waals surface area contributed by atoms with E-state index in [2.05, 4.69) is 29.3 Å². The van der Waals surface area contributed by atoms with Crippen molar-refractivity contribution in [3.63, 3.8) is 0 Å². The first-order valence-corrected chi connectivity index (χ1v) is 5.43. The van der Waals surface area contributed by atoms with Gasteiger partial charge in [-0.05, 0) is 37.8 Å². The molecule has 2 aliphatic heterocycles. The van der Waals surface area contributed by atoms with Crippen molar-refractivity contribution < 1.29 is 0 Å². The number of nitrogens with zero attached hydrogens (tertiary/aromatic N) is 1. The summed E-state index contributed by atoms with van der Waals surface area (Å²) >= 11 is 0. The summed E-state index contributed by atoms with van der Waals surface area (Å²) in [6.45, 7) is 4.56. The third kappa shape index (κ3) is 2.00. The van der Waals surface area contributed by atoms with Gasteiger partial charge in [-0.2, -0.15) is 0 Å². The summed E-state index contributed by atoms with van der Waals surface area (Å²) in [7, 11) is 0. The topological polar surface area (TPSA) is 15.3 Å². The molecule has 2 rings (SSSR count). The molecule has 0 bridgehead atoms. The van der Waals surface area contributed by atoms with Gasteiger partial charge < -0.3 is 10.2 Å². The van der Waals surface area contributed by atoms with Gasteiger partial charge in [0.2, 0.25) is 0 Å². The van der Waals surface area contributed by atoms with E-state index in [-0.39, 0.29) is 0 Å². The lowest BCUT2D eigenvalue weighted by atomic mass is 10.1. The van der Waals surface area contributed by atoms with E-state index in [4.69, 9.17) is 0 Å². The molecule has 14 heavy (non-hydrogen) atoms. The van der Waals surface area contributed by atoms with Crippen LogP contribution >= 0.6 is 0 Å². The minimum atomic E-state index is 1.20. The molecular weight excluding hydrogens is 172 g/mol. The van der Waals surface area contributed by atoms with Crippen LogP contribution in [0.5, 0.6) is 0 Å². The van der Waals surface area contributed by atoms with E-state index in [9.17, 15) is 0 Å². The lowest BCUT2D eigenvalue weighted by Crippen LogP contribution is -2.34. The quantitative estimate of drug-likeness (QED) is 0.683. The summed E-state index contributed by atoms with van der Waals surface area (Å²) in [4.78, 5) is 2.46. The zero-order valence-electron chi connectivity index (χ0n) is 8.79. The predicted molar refractivity (Wildman–Crippen MR) is 59.5 cm³/mol. The van der Waals surface area contributed by atoms with Crippen molar-refractivity contribution in [2.24, 2.45) is 0 Å². The molecule has 0 aromatic rings. The first-order chi connectivity index (χ1) is 6.88. The lowest BCUT2D eigenvalue weighted by Gasteiger charge is -2.31. The number of rotatable bonds is 1. The predicted octanol–water partition coefficient (Wildman–Crippen LogP) is 2.38.